The van der Waals surface area contributed by atoms with Gasteiger partial charge >= 0.3 is 12.1 Å². The van der Waals surface area contributed by atoms with Crippen LogP contribution in [-0.2, 0) is 14.3 Å². The number of piperazine rings is 1. The van der Waals surface area contributed by atoms with Crippen LogP contribution in [0, 0.1) is 0 Å². The Morgan fingerprint density at radius 3 is 2.37 bits per heavy atom. The van der Waals surface area contributed by atoms with Gasteiger partial charge in [0.15, 0.2) is 0 Å². The first kappa shape index (κ1) is 15.5. The predicted molar refractivity (Wildman–Crippen MR) is 70.8 cm³/mol. The molecule has 6 nitrogen and oxygen atoms in total. The highest BCUT2D eigenvalue weighted by atomic mass is 16.6. The number of amides is 1. The molecule has 0 atom stereocenters. The quantitative estimate of drug-likeness (QED) is 0.560. The molecule has 0 aromatic rings. The lowest BCUT2D eigenvalue weighted by molar-refractivity contribution is -0.136. The van der Waals surface area contributed by atoms with Gasteiger partial charge < -0.3 is 14.4 Å². The van der Waals surface area contributed by atoms with Gasteiger partial charge in [-0.3, -0.25) is 4.90 Å². The highest BCUT2D eigenvalue weighted by Crippen LogP contribution is 2.05. The van der Waals surface area contributed by atoms with Crippen molar-refractivity contribution in [1.29, 1.82) is 0 Å². The highest BCUT2D eigenvalue weighted by Gasteiger charge is 2.21. The van der Waals surface area contributed by atoms with Crippen molar-refractivity contribution >= 4 is 12.1 Å². The standard InChI is InChI=1S/C13H22N2O4/c1-4-19-13(17)15-9-7-14(8-10-15)6-5-11(2)12(16)18-3/h5H,4,6-10H2,1-3H3/b11-5-. The number of carbonyl (C=O) groups excluding carboxylic acids is 2. The molecule has 19 heavy (non-hydrogen) atoms. The number of rotatable bonds is 4. The van der Waals surface area contributed by atoms with E-state index in [1.807, 2.05) is 6.08 Å². The van der Waals surface area contributed by atoms with E-state index in [1.54, 1.807) is 18.7 Å². The van der Waals surface area contributed by atoms with Crippen molar-refractivity contribution in [3.05, 3.63) is 11.6 Å². The summed E-state index contributed by atoms with van der Waals surface area (Å²) in [4.78, 5) is 26.6. The molecular weight excluding hydrogens is 248 g/mol. The lowest BCUT2D eigenvalue weighted by Gasteiger charge is -2.33. The first-order chi connectivity index (χ1) is 9.08. The van der Waals surface area contributed by atoms with Crippen LogP contribution in [0.15, 0.2) is 11.6 Å². The molecule has 6 heteroatoms. The number of hydrogen-bond donors (Lipinski definition) is 0. The Bertz CT molecular complexity index is 347. The summed E-state index contributed by atoms with van der Waals surface area (Å²) in [6.07, 6.45) is 1.61. The third-order valence-electron chi connectivity index (χ3n) is 3.06. The average Bonchev–Trinajstić information content (AvgIpc) is 2.44. The maximum atomic E-state index is 11.5. The Hall–Kier alpha value is -1.56. The first-order valence-electron chi connectivity index (χ1n) is 6.47. The fourth-order valence-corrected chi connectivity index (χ4v) is 1.84. The maximum absolute atomic E-state index is 11.5. The summed E-state index contributed by atoms with van der Waals surface area (Å²) < 4.78 is 9.59. The van der Waals surface area contributed by atoms with Crippen LogP contribution in [0.4, 0.5) is 4.79 Å². The fourth-order valence-electron chi connectivity index (χ4n) is 1.84. The van der Waals surface area contributed by atoms with Gasteiger partial charge in [-0.2, -0.15) is 0 Å². The molecule has 1 saturated heterocycles. The van der Waals surface area contributed by atoms with Crippen molar-refractivity contribution in [1.82, 2.24) is 9.80 Å². The monoisotopic (exact) mass is 270 g/mol. The van der Waals surface area contributed by atoms with Crippen molar-refractivity contribution in [2.24, 2.45) is 0 Å². The molecule has 0 aromatic carbocycles. The molecule has 1 aliphatic rings. The third-order valence-corrected chi connectivity index (χ3v) is 3.06. The number of carbonyl (C=O) groups is 2. The number of ether oxygens (including phenoxy) is 2. The largest absolute Gasteiger partial charge is 0.466 e. The molecule has 0 bridgehead atoms. The Kier molecular flexibility index (Phi) is 6.35. The zero-order valence-corrected chi connectivity index (χ0v) is 11.8. The van der Waals surface area contributed by atoms with E-state index >= 15 is 0 Å². The first-order valence-corrected chi connectivity index (χ1v) is 6.47. The molecule has 0 unspecified atom stereocenters. The SMILES string of the molecule is CCOC(=O)N1CCN(C/C=C(/C)C(=O)OC)CC1. The van der Waals surface area contributed by atoms with Gasteiger partial charge in [0.1, 0.15) is 0 Å². The van der Waals surface area contributed by atoms with Crippen LogP contribution in [0.2, 0.25) is 0 Å². The summed E-state index contributed by atoms with van der Waals surface area (Å²) in [5.74, 6) is -0.301. The van der Waals surface area contributed by atoms with Crippen LogP contribution in [0.3, 0.4) is 0 Å². The van der Waals surface area contributed by atoms with E-state index in [4.69, 9.17) is 4.74 Å². The van der Waals surface area contributed by atoms with Gasteiger partial charge in [-0.05, 0) is 13.8 Å². The predicted octanol–water partition coefficient (Wildman–Crippen LogP) is 0.880. The summed E-state index contributed by atoms with van der Waals surface area (Å²) in [5.41, 5.74) is 0.607. The molecule has 1 amide bonds. The Labute approximate surface area is 113 Å². The normalized spacial score (nSPS) is 17.2. The smallest absolute Gasteiger partial charge is 0.409 e. The molecule has 1 heterocycles. The minimum Gasteiger partial charge on any atom is -0.466 e. The van der Waals surface area contributed by atoms with E-state index in [1.165, 1.54) is 7.11 Å². The lowest BCUT2D eigenvalue weighted by atomic mass is 10.2. The molecule has 108 valence electrons. The van der Waals surface area contributed by atoms with Gasteiger partial charge in [0.25, 0.3) is 0 Å². The second-order valence-electron chi connectivity index (χ2n) is 4.37. The molecule has 0 aromatic heterocycles. The summed E-state index contributed by atoms with van der Waals surface area (Å²) >= 11 is 0. The van der Waals surface area contributed by atoms with Crippen LogP contribution in [0.5, 0.6) is 0 Å². The topological polar surface area (TPSA) is 59.1 Å². The van der Waals surface area contributed by atoms with Crippen molar-refractivity contribution in [2.75, 3.05) is 46.4 Å². The van der Waals surface area contributed by atoms with Gasteiger partial charge in [0.05, 0.1) is 13.7 Å². The molecule has 1 fully saturated rings. The molecule has 0 spiro atoms. The van der Waals surface area contributed by atoms with Gasteiger partial charge in [0, 0.05) is 38.3 Å². The van der Waals surface area contributed by atoms with E-state index in [2.05, 4.69) is 9.64 Å². The van der Waals surface area contributed by atoms with Crippen molar-refractivity contribution in [3.63, 3.8) is 0 Å². The third kappa shape index (κ3) is 4.90. The molecule has 1 aliphatic heterocycles. The molecule has 0 aliphatic carbocycles. The summed E-state index contributed by atoms with van der Waals surface area (Å²) in [6, 6.07) is 0. The van der Waals surface area contributed by atoms with Crippen molar-refractivity contribution in [3.8, 4) is 0 Å². The summed E-state index contributed by atoms with van der Waals surface area (Å²) in [6.45, 7) is 7.51. The Balaban J connectivity index is 2.34. The molecular formula is C13H22N2O4. The lowest BCUT2D eigenvalue weighted by Crippen LogP contribution is -2.48. The van der Waals surface area contributed by atoms with Crippen LogP contribution in [0.1, 0.15) is 13.8 Å². The van der Waals surface area contributed by atoms with Gasteiger partial charge in [-0.25, -0.2) is 9.59 Å². The fraction of sp³-hybridized carbons (Fsp3) is 0.692. The average molecular weight is 270 g/mol. The zero-order chi connectivity index (χ0) is 14.3. The zero-order valence-electron chi connectivity index (χ0n) is 11.8. The summed E-state index contributed by atoms with van der Waals surface area (Å²) in [5, 5.41) is 0. The van der Waals surface area contributed by atoms with Gasteiger partial charge in [0.2, 0.25) is 0 Å². The number of hydrogen-bond acceptors (Lipinski definition) is 5. The van der Waals surface area contributed by atoms with E-state index < -0.39 is 0 Å². The second-order valence-corrected chi connectivity index (χ2v) is 4.37. The second kappa shape index (κ2) is 7.78. The minimum atomic E-state index is -0.301. The van der Waals surface area contributed by atoms with Crippen molar-refractivity contribution < 1.29 is 19.1 Å². The molecule has 0 saturated carbocycles. The van der Waals surface area contributed by atoms with E-state index in [0.717, 1.165) is 13.1 Å². The van der Waals surface area contributed by atoms with Crippen LogP contribution in [-0.4, -0.2) is 68.3 Å². The molecule has 0 radical (unpaired) electrons. The summed E-state index contributed by atoms with van der Waals surface area (Å²) in [7, 11) is 1.37. The molecule has 0 N–H and O–H groups in total. The van der Waals surface area contributed by atoms with Crippen LogP contribution < -0.4 is 0 Å². The Morgan fingerprint density at radius 2 is 1.84 bits per heavy atom. The van der Waals surface area contributed by atoms with E-state index in [-0.39, 0.29) is 12.1 Å². The number of methoxy groups -OCH3 is 1. The number of esters is 1. The van der Waals surface area contributed by atoms with Gasteiger partial charge in [-0.1, -0.05) is 6.08 Å². The minimum absolute atomic E-state index is 0.247. The highest BCUT2D eigenvalue weighted by molar-refractivity contribution is 5.87. The van der Waals surface area contributed by atoms with Gasteiger partial charge in [-0.15, -0.1) is 0 Å². The van der Waals surface area contributed by atoms with E-state index in [9.17, 15) is 9.59 Å². The Morgan fingerprint density at radius 1 is 1.21 bits per heavy atom. The molecule has 1 rings (SSSR count). The van der Waals surface area contributed by atoms with Crippen molar-refractivity contribution in [2.45, 2.75) is 13.8 Å². The van der Waals surface area contributed by atoms with E-state index in [0.29, 0.717) is 31.8 Å². The number of nitrogens with zero attached hydrogens (tertiary/aromatic N) is 2. The maximum Gasteiger partial charge on any atom is 0.409 e. The van der Waals surface area contributed by atoms with Crippen LogP contribution >= 0.6 is 0 Å². The van der Waals surface area contributed by atoms with Crippen LogP contribution in [0.25, 0.3) is 0 Å².